The fourth-order valence-corrected chi connectivity index (χ4v) is 3.68. The van der Waals surface area contributed by atoms with Crippen molar-refractivity contribution in [3.63, 3.8) is 0 Å². The zero-order valence-electron chi connectivity index (χ0n) is 15.8. The van der Waals surface area contributed by atoms with Gasteiger partial charge in [0.05, 0.1) is 10.6 Å². The summed E-state index contributed by atoms with van der Waals surface area (Å²) in [5.74, 6) is -1.07. The second-order valence-corrected chi connectivity index (χ2v) is 7.17. The van der Waals surface area contributed by atoms with E-state index in [1.807, 2.05) is 30.5 Å². The number of benzene rings is 2. The van der Waals surface area contributed by atoms with Crippen molar-refractivity contribution in [2.45, 2.75) is 19.8 Å². The molecule has 0 unspecified atom stereocenters. The predicted molar refractivity (Wildman–Crippen MR) is 110 cm³/mol. The first kappa shape index (κ1) is 18.7. The second kappa shape index (κ2) is 7.38. The maximum atomic E-state index is 12.2. The van der Waals surface area contributed by atoms with Crippen LogP contribution in [0.5, 0.6) is 0 Å². The summed E-state index contributed by atoms with van der Waals surface area (Å²) in [7, 11) is 0. The Bertz CT molecular complexity index is 1120. The highest BCUT2D eigenvalue weighted by molar-refractivity contribution is 6.21. The molecule has 1 aliphatic rings. The van der Waals surface area contributed by atoms with E-state index in [9.17, 15) is 19.7 Å². The van der Waals surface area contributed by atoms with Crippen LogP contribution in [-0.4, -0.2) is 28.3 Å². The molecule has 1 fully saturated rings. The maximum absolute atomic E-state index is 12.2. The number of H-pyrrole nitrogens is 1. The van der Waals surface area contributed by atoms with Crippen LogP contribution in [0, 0.1) is 16.0 Å². The van der Waals surface area contributed by atoms with Gasteiger partial charge in [0.25, 0.3) is 5.69 Å². The van der Waals surface area contributed by atoms with Crippen LogP contribution in [0.2, 0.25) is 0 Å². The molecule has 1 aromatic heterocycles. The van der Waals surface area contributed by atoms with E-state index in [0.29, 0.717) is 18.7 Å². The Kier molecular flexibility index (Phi) is 4.75. The van der Waals surface area contributed by atoms with Gasteiger partial charge in [-0.2, -0.15) is 0 Å². The lowest BCUT2D eigenvalue weighted by molar-refractivity contribution is -0.383. The molecular weight excluding hydrogens is 372 g/mol. The molecule has 3 aromatic rings. The van der Waals surface area contributed by atoms with Crippen LogP contribution in [-0.2, 0) is 16.0 Å². The van der Waals surface area contributed by atoms with Gasteiger partial charge in [-0.05, 0) is 30.2 Å². The van der Waals surface area contributed by atoms with Gasteiger partial charge >= 0.3 is 0 Å². The van der Waals surface area contributed by atoms with Crippen LogP contribution in [0.15, 0.2) is 48.7 Å². The number of fused-ring (bicyclic) bond motifs is 1. The highest BCUT2D eigenvalue weighted by atomic mass is 16.6. The molecule has 148 valence electrons. The number of hydrogen-bond donors (Lipinski definition) is 2. The lowest BCUT2D eigenvalue weighted by atomic mass is 10.1. The van der Waals surface area contributed by atoms with Crippen molar-refractivity contribution in [3.05, 3.63) is 64.3 Å². The molecule has 2 heterocycles. The predicted octanol–water partition coefficient (Wildman–Crippen LogP) is 3.63. The molecule has 0 aliphatic carbocycles. The third kappa shape index (κ3) is 3.44. The van der Waals surface area contributed by atoms with Crippen LogP contribution in [0.1, 0.15) is 18.9 Å². The fraction of sp³-hybridized carbons (Fsp3) is 0.238. The molecule has 1 aliphatic heterocycles. The van der Waals surface area contributed by atoms with E-state index in [2.05, 4.69) is 10.3 Å². The van der Waals surface area contributed by atoms with Crippen molar-refractivity contribution < 1.29 is 14.5 Å². The lowest BCUT2D eigenvalue weighted by Gasteiger charge is -2.15. The van der Waals surface area contributed by atoms with Crippen molar-refractivity contribution >= 4 is 39.8 Å². The van der Waals surface area contributed by atoms with Crippen LogP contribution in [0.25, 0.3) is 10.9 Å². The van der Waals surface area contributed by atoms with E-state index >= 15 is 0 Å². The molecule has 2 amide bonds. The molecule has 2 N–H and O–H groups in total. The Morgan fingerprint density at radius 2 is 2.03 bits per heavy atom. The highest BCUT2D eigenvalue weighted by Crippen LogP contribution is 2.33. The van der Waals surface area contributed by atoms with Gasteiger partial charge in [0.1, 0.15) is 5.69 Å². The molecule has 1 atom stereocenters. The highest BCUT2D eigenvalue weighted by Gasteiger charge is 2.37. The minimum absolute atomic E-state index is 0.122. The molecule has 0 radical (unpaired) electrons. The maximum Gasteiger partial charge on any atom is 0.294 e. The summed E-state index contributed by atoms with van der Waals surface area (Å²) in [5.41, 5.74) is 2.59. The number of para-hydroxylation sites is 1. The van der Waals surface area contributed by atoms with Gasteiger partial charge < -0.3 is 10.3 Å². The number of nitro benzene ring substituents is 1. The number of aromatic nitrogens is 1. The number of carbonyl (C=O) groups is 2. The second-order valence-electron chi connectivity index (χ2n) is 7.17. The average molecular weight is 392 g/mol. The van der Waals surface area contributed by atoms with Gasteiger partial charge in [-0.25, -0.2) is 0 Å². The van der Waals surface area contributed by atoms with E-state index in [-0.39, 0.29) is 29.6 Å². The molecule has 0 spiro atoms. The number of rotatable bonds is 6. The van der Waals surface area contributed by atoms with E-state index < -0.39 is 10.8 Å². The Labute approximate surface area is 166 Å². The number of nitrogens with one attached hydrogen (secondary N) is 2. The normalized spacial score (nSPS) is 16.6. The third-order valence-electron chi connectivity index (χ3n) is 5.19. The largest absolute Gasteiger partial charge is 0.379 e. The summed E-state index contributed by atoms with van der Waals surface area (Å²) >= 11 is 0. The van der Waals surface area contributed by atoms with Crippen molar-refractivity contribution in [2.75, 3.05) is 16.8 Å². The van der Waals surface area contributed by atoms with E-state index in [0.717, 1.165) is 21.4 Å². The van der Waals surface area contributed by atoms with Crippen molar-refractivity contribution in [3.8, 4) is 0 Å². The quantitative estimate of drug-likeness (QED) is 0.378. The van der Waals surface area contributed by atoms with Crippen LogP contribution in [0.3, 0.4) is 0 Å². The third-order valence-corrected chi connectivity index (χ3v) is 5.19. The Morgan fingerprint density at radius 3 is 2.76 bits per heavy atom. The molecule has 4 rings (SSSR count). The fourth-order valence-electron chi connectivity index (χ4n) is 3.68. The first-order chi connectivity index (χ1) is 14.0. The zero-order valence-corrected chi connectivity index (χ0v) is 15.8. The summed E-state index contributed by atoms with van der Waals surface area (Å²) in [5, 5.41) is 15.8. The molecule has 29 heavy (non-hydrogen) atoms. The van der Waals surface area contributed by atoms with Gasteiger partial charge in [0.15, 0.2) is 0 Å². The summed E-state index contributed by atoms with van der Waals surface area (Å²) in [6.45, 7) is 2.18. The van der Waals surface area contributed by atoms with Gasteiger partial charge in [0.2, 0.25) is 11.8 Å². The van der Waals surface area contributed by atoms with Gasteiger partial charge in [0, 0.05) is 42.0 Å². The van der Waals surface area contributed by atoms with Crippen molar-refractivity contribution in [2.24, 2.45) is 5.92 Å². The van der Waals surface area contributed by atoms with Crippen LogP contribution < -0.4 is 10.2 Å². The van der Waals surface area contributed by atoms with Crippen LogP contribution >= 0.6 is 0 Å². The van der Waals surface area contributed by atoms with E-state index in [4.69, 9.17) is 0 Å². The molecule has 0 bridgehead atoms. The van der Waals surface area contributed by atoms with Gasteiger partial charge in [-0.1, -0.05) is 25.1 Å². The molecule has 0 saturated carbocycles. The Balaban J connectivity index is 1.52. The zero-order chi connectivity index (χ0) is 20.5. The number of nitrogens with zero attached hydrogens (tertiary/aromatic N) is 2. The van der Waals surface area contributed by atoms with Crippen molar-refractivity contribution in [1.82, 2.24) is 4.98 Å². The van der Waals surface area contributed by atoms with E-state index in [1.54, 1.807) is 19.1 Å². The number of carbonyl (C=O) groups excluding carboxylic acids is 2. The van der Waals surface area contributed by atoms with Gasteiger partial charge in [-0.15, -0.1) is 0 Å². The number of hydrogen-bond acceptors (Lipinski definition) is 5. The standard InChI is InChI=1S/C21H20N4O4/c1-13-10-20(26)24(21(13)27)15-6-7-18(19(11-15)25(28)29)22-9-8-14-12-23-17-5-3-2-4-16(14)17/h2-7,11-13,22-23H,8-10H2,1H3/t13-/m0/s1. The number of aromatic amines is 1. The molecule has 2 aromatic carbocycles. The summed E-state index contributed by atoms with van der Waals surface area (Å²) in [6, 6.07) is 12.4. The molecular formula is C21H20N4O4. The first-order valence-corrected chi connectivity index (χ1v) is 9.40. The monoisotopic (exact) mass is 392 g/mol. The first-order valence-electron chi connectivity index (χ1n) is 9.40. The number of imide groups is 1. The minimum Gasteiger partial charge on any atom is -0.379 e. The lowest BCUT2D eigenvalue weighted by Crippen LogP contribution is -2.30. The van der Waals surface area contributed by atoms with Gasteiger partial charge in [-0.3, -0.25) is 24.6 Å². The summed E-state index contributed by atoms with van der Waals surface area (Å²) < 4.78 is 0. The number of nitro groups is 1. The Morgan fingerprint density at radius 1 is 1.24 bits per heavy atom. The Hall–Kier alpha value is -3.68. The smallest absolute Gasteiger partial charge is 0.294 e. The average Bonchev–Trinajstić information content (AvgIpc) is 3.22. The van der Waals surface area contributed by atoms with Crippen LogP contribution in [0.4, 0.5) is 17.1 Å². The number of amides is 2. The van der Waals surface area contributed by atoms with E-state index in [1.165, 1.54) is 6.07 Å². The SMILES string of the molecule is C[C@H]1CC(=O)N(c2ccc(NCCc3c[nH]c4ccccc34)c([N+](=O)[O-])c2)C1=O. The number of anilines is 2. The minimum atomic E-state index is -0.508. The molecule has 8 heteroatoms. The van der Waals surface area contributed by atoms with Crippen molar-refractivity contribution in [1.29, 1.82) is 0 Å². The molecule has 8 nitrogen and oxygen atoms in total. The summed E-state index contributed by atoms with van der Waals surface area (Å²) in [4.78, 5) is 39.6. The topological polar surface area (TPSA) is 108 Å². The molecule has 1 saturated heterocycles. The summed E-state index contributed by atoms with van der Waals surface area (Å²) in [6.07, 6.45) is 2.75.